The summed E-state index contributed by atoms with van der Waals surface area (Å²) in [6, 6.07) is 0. The van der Waals surface area contributed by atoms with Crippen LogP contribution in [0.4, 0.5) is 0 Å². The number of unbranched alkanes of at least 4 members (excludes halogenated alkanes) is 8. The first-order valence-electron chi connectivity index (χ1n) is 11.8. The summed E-state index contributed by atoms with van der Waals surface area (Å²) in [5.41, 5.74) is 0. The first-order valence-corrected chi connectivity index (χ1v) is 19.3. The fraction of sp³-hybridized carbons (Fsp3) is 0.917. The third-order valence-electron chi connectivity index (χ3n) is 6.20. The van der Waals surface area contributed by atoms with Gasteiger partial charge in [0, 0.05) is 0 Å². The van der Waals surface area contributed by atoms with Crippen molar-refractivity contribution in [2.75, 3.05) is 7.11 Å². The van der Waals surface area contributed by atoms with Crippen LogP contribution in [0, 0.1) is 0 Å². The number of methoxy groups -OCH3 is 1. The molecule has 0 aliphatic heterocycles. The van der Waals surface area contributed by atoms with Gasteiger partial charge in [-0.15, -0.1) is 0 Å². The van der Waals surface area contributed by atoms with Crippen LogP contribution in [0.3, 0.4) is 0 Å². The molecule has 156 valence electrons. The average molecular weight is 473 g/mol. The molecule has 0 aliphatic rings. The molecule has 1 nitrogen and oxygen atoms in total. The summed E-state index contributed by atoms with van der Waals surface area (Å²) >= 11 is -2.35. The molecule has 0 aromatic rings. The molecular formula is C24H50OSn. The molecule has 0 fully saturated rings. The van der Waals surface area contributed by atoms with Gasteiger partial charge in [-0.05, 0) is 0 Å². The van der Waals surface area contributed by atoms with Crippen LogP contribution < -0.4 is 0 Å². The van der Waals surface area contributed by atoms with Gasteiger partial charge in [0.15, 0.2) is 0 Å². The number of hydrogen-bond acceptors (Lipinski definition) is 1. The van der Waals surface area contributed by atoms with E-state index in [1.807, 2.05) is 7.11 Å². The number of rotatable bonds is 19. The Hall–Kier alpha value is 0.499. The second kappa shape index (κ2) is 17.6. The molecule has 0 saturated heterocycles. The Morgan fingerprint density at radius 3 is 1.54 bits per heavy atom. The maximum atomic E-state index is 6.04. The minimum absolute atomic E-state index is 0.350. The summed E-state index contributed by atoms with van der Waals surface area (Å²) in [7, 11) is 1.93. The summed E-state index contributed by atoms with van der Waals surface area (Å²) in [6.45, 7) is 14.1. The Morgan fingerprint density at radius 1 is 0.692 bits per heavy atom. The molecular weight excluding hydrogens is 423 g/mol. The van der Waals surface area contributed by atoms with Crippen molar-refractivity contribution >= 4 is 18.4 Å². The number of ether oxygens (including phenoxy) is 1. The van der Waals surface area contributed by atoms with Crippen molar-refractivity contribution in [2.45, 2.75) is 131 Å². The molecule has 0 spiro atoms. The topological polar surface area (TPSA) is 9.23 Å². The normalized spacial score (nSPS) is 13.1. The van der Waals surface area contributed by atoms with Crippen molar-refractivity contribution in [3.8, 4) is 0 Å². The van der Waals surface area contributed by atoms with Gasteiger partial charge in [-0.1, -0.05) is 0 Å². The molecule has 0 aromatic carbocycles. The van der Waals surface area contributed by atoms with Crippen molar-refractivity contribution in [2.24, 2.45) is 0 Å². The van der Waals surface area contributed by atoms with Crippen LogP contribution >= 0.6 is 0 Å². The van der Waals surface area contributed by atoms with Crippen LogP contribution in [0.1, 0.15) is 111 Å². The van der Waals surface area contributed by atoms with Gasteiger partial charge < -0.3 is 0 Å². The van der Waals surface area contributed by atoms with Gasteiger partial charge in [-0.3, -0.25) is 0 Å². The summed E-state index contributed by atoms with van der Waals surface area (Å²) in [5, 5.41) is 0. The van der Waals surface area contributed by atoms with E-state index in [-0.39, 0.29) is 0 Å². The van der Waals surface area contributed by atoms with Gasteiger partial charge in [-0.2, -0.15) is 0 Å². The summed E-state index contributed by atoms with van der Waals surface area (Å²) in [4.78, 5) is 0. The van der Waals surface area contributed by atoms with Crippen molar-refractivity contribution in [1.29, 1.82) is 0 Å². The molecule has 1 unspecified atom stereocenters. The van der Waals surface area contributed by atoms with Crippen molar-refractivity contribution in [3.63, 3.8) is 0 Å². The minimum atomic E-state index is -2.35. The molecule has 26 heavy (non-hydrogen) atoms. The first-order chi connectivity index (χ1) is 12.6. The summed E-state index contributed by atoms with van der Waals surface area (Å²) in [6.07, 6.45) is 18.0. The first kappa shape index (κ1) is 26.5. The van der Waals surface area contributed by atoms with E-state index in [0.29, 0.717) is 6.10 Å². The van der Waals surface area contributed by atoms with Gasteiger partial charge in [0.05, 0.1) is 0 Å². The molecule has 0 heterocycles. The quantitative estimate of drug-likeness (QED) is 0.135. The fourth-order valence-electron chi connectivity index (χ4n) is 4.29. The molecule has 0 rings (SSSR count). The van der Waals surface area contributed by atoms with Crippen LogP contribution in [0.25, 0.3) is 0 Å². The Bertz CT molecular complexity index is 304. The Balaban J connectivity index is 4.92. The van der Waals surface area contributed by atoms with Gasteiger partial charge in [-0.25, -0.2) is 0 Å². The van der Waals surface area contributed by atoms with E-state index in [2.05, 4.69) is 27.7 Å². The van der Waals surface area contributed by atoms with Gasteiger partial charge in [0.25, 0.3) is 0 Å². The van der Waals surface area contributed by atoms with E-state index in [1.165, 1.54) is 96.8 Å². The van der Waals surface area contributed by atoms with Crippen LogP contribution in [0.5, 0.6) is 0 Å². The Morgan fingerprint density at radius 2 is 1.12 bits per heavy atom. The SMILES string of the molecule is C=[C](C(CCCCCCCC)OC)[Sn]([CH2]CCC)([CH2]CCC)[CH2]CCC. The standard InChI is InChI=1S/C12H23O.3C4H9.Sn/c1-4-6-7-8-9-10-11-12(5-2)13-3;3*1-3-4-2;/h12H,2,4,6-11H2,1,3H3;3*1,3-4H2,2H3;. The molecule has 2 heteroatoms. The van der Waals surface area contributed by atoms with E-state index >= 15 is 0 Å². The molecule has 0 saturated carbocycles. The Kier molecular flexibility index (Phi) is 17.9. The zero-order chi connectivity index (χ0) is 19.7. The summed E-state index contributed by atoms with van der Waals surface area (Å²) < 4.78 is 12.2. The predicted octanol–water partition coefficient (Wildman–Crippen LogP) is 8.70. The zero-order valence-electron chi connectivity index (χ0n) is 19.0. The molecule has 0 bridgehead atoms. The van der Waals surface area contributed by atoms with Crippen molar-refractivity contribution in [3.05, 3.63) is 10.2 Å². The van der Waals surface area contributed by atoms with E-state index < -0.39 is 18.4 Å². The van der Waals surface area contributed by atoms with E-state index in [4.69, 9.17) is 11.3 Å². The summed E-state index contributed by atoms with van der Waals surface area (Å²) in [5.74, 6) is 0. The second-order valence-corrected chi connectivity index (χ2v) is 21.8. The van der Waals surface area contributed by atoms with Crippen LogP contribution in [0.15, 0.2) is 10.2 Å². The van der Waals surface area contributed by atoms with Crippen molar-refractivity contribution < 1.29 is 4.74 Å². The Labute approximate surface area is 170 Å². The van der Waals surface area contributed by atoms with Crippen molar-refractivity contribution in [1.82, 2.24) is 0 Å². The fourth-order valence-corrected chi connectivity index (χ4v) is 20.7. The zero-order valence-corrected chi connectivity index (χ0v) is 21.9. The van der Waals surface area contributed by atoms with E-state index in [0.717, 1.165) is 0 Å². The van der Waals surface area contributed by atoms with Gasteiger partial charge in [0.1, 0.15) is 0 Å². The maximum absolute atomic E-state index is 6.04. The molecule has 0 aromatic heterocycles. The van der Waals surface area contributed by atoms with Crippen LogP contribution in [-0.2, 0) is 4.74 Å². The van der Waals surface area contributed by atoms with E-state index in [9.17, 15) is 0 Å². The molecule has 0 amide bonds. The third-order valence-corrected chi connectivity index (χ3v) is 22.2. The number of hydrogen-bond donors (Lipinski definition) is 0. The molecule has 0 radical (unpaired) electrons. The van der Waals surface area contributed by atoms with Gasteiger partial charge >= 0.3 is 171 Å². The van der Waals surface area contributed by atoms with Gasteiger partial charge in [0.2, 0.25) is 0 Å². The average Bonchev–Trinajstić information content (AvgIpc) is 2.67. The van der Waals surface area contributed by atoms with Crippen LogP contribution in [0.2, 0.25) is 13.3 Å². The predicted molar refractivity (Wildman–Crippen MR) is 123 cm³/mol. The molecule has 0 aliphatic carbocycles. The van der Waals surface area contributed by atoms with Crippen LogP contribution in [-0.4, -0.2) is 31.6 Å². The monoisotopic (exact) mass is 474 g/mol. The third kappa shape index (κ3) is 10.7. The molecule has 1 atom stereocenters. The second-order valence-electron chi connectivity index (χ2n) is 8.40. The molecule has 0 N–H and O–H groups in total. The van der Waals surface area contributed by atoms with E-state index in [1.54, 1.807) is 3.59 Å².